The highest BCUT2D eigenvalue weighted by Crippen LogP contribution is 2.14. The molecule has 0 aliphatic heterocycles. The van der Waals surface area contributed by atoms with Gasteiger partial charge in [0.1, 0.15) is 17.1 Å². The number of aryl methyl sites for hydroxylation is 1. The largest absolute Gasteiger partial charge is 0.484 e. The van der Waals surface area contributed by atoms with Gasteiger partial charge in [-0.05, 0) is 31.7 Å². The molecule has 0 bridgehead atoms. The van der Waals surface area contributed by atoms with Gasteiger partial charge in [-0.15, -0.1) is 0 Å². The minimum absolute atomic E-state index is 0.113. The van der Waals surface area contributed by atoms with E-state index in [2.05, 4.69) is 19.8 Å². The van der Waals surface area contributed by atoms with Gasteiger partial charge in [-0.2, -0.15) is 0 Å². The molecule has 7 heteroatoms. The number of ether oxygens (including phenoxy) is 1. The summed E-state index contributed by atoms with van der Waals surface area (Å²) in [7, 11) is 1.99. The molecule has 7 nitrogen and oxygen atoms in total. The fraction of sp³-hybridized carbons (Fsp3) is 0.357. The average Bonchev–Trinajstić information content (AvgIpc) is 2.83. The Morgan fingerprint density at radius 3 is 2.57 bits per heavy atom. The number of hydrogen-bond donors (Lipinski definition) is 1. The van der Waals surface area contributed by atoms with Crippen molar-refractivity contribution >= 4 is 5.91 Å². The van der Waals surface area contributed by atoms with E-state index in [9.17, 15) is 4.79 Å². The molecule has 0 unspecified atom stereocenters. The molecule has 112 valence electrons. The number of aromatic nitrogens is 2. The van der Waals surface area contributed by atoms with Gasteiger partial charge in [-0.1, -0.05) is 22.4 Å². The molecule has 1 aromatic carbocycles. The summed E-state index contributed by atoms with van der Waals surface area (Å²) >= 11 is 0. The van der Waals surface area contributed by atoms with E-state index in [-0.39, 0.29) is 6.61 Å². The molecular weight excluding hydrogens is 272 g/mol. The van der Waals surface area contributed by atoms with Crippen molar-refractivity contribution in [2.75, 3.05) is 13.7 Å². The predicted molar refractivity (Wildman–Crippen MR) is 75.3 cm³/mol. The van der Waals surface area contributed by atoms with Crippen LogP contribution in [-0.2, 0) is 17.9 Å². The number of primary amides is 1. The maximum absolute atomic E-state index is 10.6. The zero-order valence-corrected chi connectivity index (χ0v) is 12.1. The highest BCUT2D eigenvalue weighted by atomic mass is 16.6. The lowest BCUT2D eigenvalue weighted by atomic mass is 10.2. The number of benzene rings is 1. The molecule has 2 N–H and O–H groups in total. The van der Waals surface area contributed by atoms with Crippen LogP contribution in [-0.4, -0.2) is 34.8 Å². The van der Waals surface area contributed by atoms with E-state index in [4.69, 9.17) is 10.5 Å². The molecule has 2 rings (SSSR count). The summed E-state index contributed by atoms with van der Waals surface area (Å²) in [5.41, 5.74) is 7.78. The minimum Gasteiger partial charge on any atom is -0.484 e. The number of hydrogen-bond acceptors (Lipinski definition) is 6. The molecule has 0 radical (unpaired) electrons. The summed E-state index contributed by atoms with van der Waals surface area (Å²) in [6, 6.07) is 7.52. The number of nitrogens with zero attached hydrogens (tertiary/aromatic N) is 3. The van der Waals surface area contributed by atoms with Crippen LogP contribution in [0.25, 0.3) is 0 Å². The zero-order valence-electron chi connectivity index (χ0n) is 12.1. The standard InChI is InChI=1S/C14H18N4O3/c1-10-13(17-21-16-10)8-18(2)7-11-3-5-12(6-4-11)20-9-14(15)19/h3-6H,7-9H2,1-2H3,(H2,15,19). The number of nitrogens with two attached hydrogens (primary N) is 1. The van der Waals surface area contributed by atoms with Crippen LogP contribution < -0.4 is 10.5 Å². The summed E-state index contributed by atoms with van der Waals surface area (Å²) in [5, 5.41) is 7.62. The van der Waals surface area contributed by atoms with E-state index in [0.29, 0.717) is 12.3 Å². The monoisotopic (exact) mass is 290 g/mol. The smallest absolute Gasteiger partial charge is 0.255 e. The van der Waals surface area contributed by atoms with Gasteiger partial charge < -0.3 is 10.5 Å². The molecule has 0 saturated carbocycles. The first kappa shape index (κ1) is 15.0. The van der Waals surface area contributed by atoms with Crippen LogP contribution in [0.1, 0.15) is 17.0 Å². The van der Waals surface area contributed by atoms with Crippen molar-refractivity contribution < 1.29 is 14.2 Å². The molecule has 0 spiro atoms. The third kappa shape index (κ3) is 4.57. The van der Waals surface area contributed by atoms with Gasteiger partial charge in [-0.3, -0.25) is 9.69 Å². The zero-order chi connectivity index (χ0) is 15.2. The molecule has 1 amide bonds. The van der Waals surface area contributed by atoms with Crippen LogP contribution in [0, 0.1) is 6.92 Å². The lowest BCUT2D eigenvalue weighted by Gasteiger charge is -2.15. The van der Waals surface area contributed by atoms with Crippen molar-refractivity contribution in [3.05, 3.63) is 41.2 Å². The summed E-state index contributed by atoms with van der Waals surface area (Å²) in [5.74, 6) is 0.132. The highest BCUT2D eigenvalue weighted by Gasteiger charge is 2.09. The van der Waals surface area contributed by atoms with Crippen LogP contribution in [0.15, 0.2) is 28.9 Å². The summed E-state index contributed by atoms with van der Waals surface area (Å²) in [6.45, 7) is 3.17. The van der Waals surface area contributed by atoms with Gasteiger partial charge in [0.05, 0.1) is 0 Å². The van der Waals surface area contributed by atoms with Crippen LogP contribution in [0.2, 0.25) is 0 Å². The van der Waals surface area contributed by atoms with Crippen LogP contribution in [0.3, 0.4) is 0 Å². The molecule has 0 fully saturated rings. The molecule has 21 heavy (non-hydrogen) atoms. The first-order chi connectivity index (χ1) is 10.0. The fourth-order valence-electron chi connectivity index (χ4n) is 1.86. The number of amides is 1. The van der Waals surface area contributed by atoms with Crippen LogP contribution in [0.5, 0.6) is 5.75 Å². The first-order valence-electron chi connectivity index (χ1n) is 6.51. The SMILES string of the molecule is Cc1nonc1CN(C)Cc1ccc(OCC(N)=O)cc1. The maximum atomic E-state index is 10.6. The summed E-state index contributed by atoms with van der Waals surface area (Å²) < 4.78 is 9.89. The molecule has 1 aromatic heterocycles. The summed E-state index contributed by atoms with van der Waals surface area (Å²) in [4.78, 5) is 12.7. The molecule has 2 aromatic rings. The topological polar surface area (TPSA) is 94.5 Å². The molecule has 0 aliphatic rings. The van der Waals surface area contributed by atoms with Crippen LogP contribution in [0.4, 0.5) is 0 Å². The first-order valence-corrected chi connectivity index (χ1v) is 6.51. The van der Waals surface area contributed by atoms with Crippen molar-refractivity contribution in [3.8, 4) is 5.75 Å². The number of rotatable bonds is 7. The van der Waals surface area contributed by atoms with Crippen molar-refractivity contribution in [2.24, 2.45) is 5.73 Å². The Labute approximate surface area is 122 Å². The Hall–Kier alpha value is -2.41. The molecule has 1 heterocycles. The van der Waals surface area contributed by atoms with Gasteiger partial charge in [0.2, 0.25) is 0 Å². The van der Waals surface area contributed by atoms with E-state index in [1.165, 1.54) is 0 Å². The van der Waals surface area contributed by atoms with E-state index in [1.807, 2.05) is 38.2 Å². The van der Waals surface area contributed by atoms with Gasteiger partial charge in [-0.25, -0.2) is 4.63 Å². The second kappa shape index (κ2) is 6.85. The lowest BCUT2D eigenvalue weighted by Crippen LogP contribution is -2.20. The van der Waals surface area contributed by atoms with Crippen molar-refractivity contribution in [3.63, 3.8) is 0 Å². The highest BCUT2D eigenvalue weighted by molar-refractivity contribution is 5.75. The molecule has 0 aliphatic carbocycles. The normalized spacial score (nSPS) is 10.8. The van der Waals surface area contributed by atoms with E-state index in [0.717, 1.165) is 23.5 Å². The summed E-state index contributed by atoms with van der Waals surface area (Å²) in [6.07, 6.45) is 0. The predicted octanol–water partition coefficient (Wildman–Crippen LogP) is 0.874. The molecule has 0 atom stereocenters. The van der Waals surface area contributed by atoms with Gasteiger partial charge >= 0.3 is 0 Å². The van der Waals surface area contributed by atoms with Gasteiger partial charge in [0.25, 0.3) is 5.91 Å². The van der Waals surface area contributed by atoms with Crippen LogP contribution >= 0.6 is 0 Å². The number of carbonyl (C=O) groups excluding carboxylic acids is 1. The Morgan fingerprint density at radius 2 is 2.00 bits per heavy atom. The molecule has 0 saturated heterocycles. The Morgan fingerprint density at radius 1 is 1.29 bits per heavy atom. The van der Waals surface area contributed by atoms with Crippen molar-refractivity contribution in [2.45, 2.75) is 20.0 Å². The maximum Gasteiger partial charge on any atom is 0.255 e. The van der Waals surface area contributed by atoms with E-state index >= 15 is 0 Å². The third-order valence-electron chi connectivity index (χ3n) is 2.92. The third-order valence-corrected chi connectivity index (χ3v) is 2.92. The Balaban J connectivity index is 1.87. The second-order valence-corrected chi connectivity index (χ2v) is 4.87. The van der Waals surface area contributed by atoms with E-state index < -0.39 is 5.91 Å². The minimum atomic E-state index is -0.490. The van der Waals surface area contributed by atoms with Crippen molar-refractivity contribution in [1.82, 2.24) is 15.2 Å². The average molecular weight is 290 g/mol. The Kier molecular flexibility index (Phi) is 4.89. The Bertz CT molecular complexity index is 595. The van der Waals surface area contributed by atoms with E-state index in [1.54, 1.807) is 0 Å². The van der Waals surface area contributed by atoms with Gasteiger partial charge in [0, 0.05) is 13.1 Å². The quantitative estimate of drug-likeness (QED) is 0.813. The van der Waals surface area contributed by atoms with Crippen molar-refractivity contribution in [1.29, 1.82) is 0 Å². The number of carbonyl (C=O) groups is 1. The second-order valence-electron chi connectivity index (χ2n) is 4.87. The molecular formula is C14H18N4O3. The van der Waals surface area contributed by atoms with Gasteiger partial charge in [0.15, 0.2) is 6.61 Å². The lowest BCUT2D eigenvalue weighted by molar-refractivity contribution is -0.119. The fourth-order valence-corrected chi connectivity index (χ4v) is 1.86.